The van der Waals surface area contributed by atoms with Gasteiger partial charge in [-0.15, -0.1) is 0 Å². The molecule has 0 unspecified atom stereocenters. The van der Waals surface area contributed by atoms with Crippen LogP contribution in [0.1, 0.15) is 0 Å². The minimum atomic E-state index is 0.681. The summed E-state index contributed by atoms with van der Waals surface area (Å²) in [6, 6.07) is 15.8. The van der Waals surface area contributed by atoms with Crippen molar-refractivity contribution in [1.82, 2.24) is 9.97 Å². The van der Waals surface area contributed by atoms with Gasteiger partial charge in [-0.2, -0.15) is 0 Å². The van der Waals surface area contributed by atoms with Crippen LogP contribution in [0.5, 0.6) is 0 Å². The minimum Gasteiger partial charge on any atom is -0.397 e. The van der Waals surface area contributed by atoms with Crippen molar-refractivity contribution in [3.05, 3.63) is 69.9 Å². The molecule has 0 radical (unpaired) electrons. The number of ether oxygens (including phenoxy) is 1. The molecule has 0 spiro atoms. The number of anilines is 2. The molecule has 144 valence electrons. The Morgan fingerprint density at radius 2 is 1.54 bits per heavy atom. The lowest BCUT2D eigenvalue weighted by Crippen LogP contribution is -2.08. The first kappa shape index (κ1) is 20.5. The fourth-order valence-electron chi connectivity index (χ4n) is 2.76. The number of hydrogen-bond acceptors (Lipinski definition) is 5. The number of pyridine rings is 2. The van der Waals surface area contributed by atoms with Crippen LogP contribution in [0.4, 0.5) is 11.4 Å². The molecule has 0 aliphatic rings. The van der Waals surface area contributed by atoms with E-state index in [1.807, 2.05) is 36.4 Å². The lowest BCUT2D eigenvalue weighted by Gasteiger charge is -2.09. The van der Waals surface area contributed by atoms with Gasteiger partial charge in [0, 0.05) is 45.8 Å². The average molecular weight is 504 g/mol. The SMILES string of the molecule is COCCNc1cc(Br)cc2cccnc12.Nc1cc(Br)cc2cccnc12. The van der Waals surface area contributed by atoms with E-state index in [9.17, 15) is 0 Å². The maximum absolute atomic E-state index is 5.76. The summed E-state index contributed by atoms with van der Waals surface area (Å²) < 4.78 is 7.05. The van der Waals surface area contributed by atoms with Crippen molar-refractivity contribution in [3.8, 4) is 0 Å². The molecule has 0 bridgehead atoms. The van der Waals surface area contributed by atoms with E-state index in [0.29, 0.717) is 12.3 Å². The Kier molecular flexibility index (Phi) is 7.19. The number of hydrogen-bond donors (Lipinski definition) is 2. The van der Waals surface area contributed by atoms with Crippen molar-refractivity contribution < 1.29 is 4.74 Å². The summed E-state index contributed by atoms with van der Waals surface area (Å²) in [5.41, 5.74) is 9.35. The van der Waals surface area contributed by atoms with Gasteiger partial charge in [0.25, 0.3) is 0 Å². The number of aromatic nitrogens is 2. The van der Waals surface area contributed by atoms with Gasteiger partial charge in [0.1, 0.15) is 0 Å². The Bertz CT molecular complexity index is 1090. The van der Waals surface area contributed by atoms with Crippen LogP contribution in [-0.4, -0.2) is 30.2 Å². The van der Waals surface area contributed by atoms with E-state index in [4.69, 9.17) is 10.5 Å². The van der Waals surface area contributed by atoms with Crippen molar-refractivity contribution in [2.45, 2.75) is 0 Å². The van der Waals surface area contributed by atoms with Crippen LogP contribution in [-0.2, 0) is 4.74 Å². The average Bonchev–Trinajstić information content (AvgIpc) is 2.68. The van der Waals surface area contributed by atoms with Crippen LogP contribution in [0.25, 0.3) is 21.8 Å². The van der Waals surface area contributed by atoms with Crippen molar-refractivity contribution in [2.75, 3.05) is 31.3 Å². The second kappa shape index (κ2) is 9.82. The molecule has 0 saturated carbocycles. The molecule has 0 atom stereocenters. The number of nitrogens with zero attached hydrogens (tertiary/aromatic N) is 2. The molecule has 3 N–H and O–H groups in total. The third-order valence-electron chi connectivity index (χ3n) is 3.99. The predicted octanol–water partition coefficient (Wildman–Crippen LogP) is 5.64. The van der Waals surface area contributed by atoms with Crippen LogP contribution < -0.4 is 11.1 Å². The number of rotatable bonds is 4. The Labute approximate surface area is 180 Å². The molecule has 0 aliphatic carbocycles. The molecule has 4 aromatic rings. The fourth-order valence-corrected chi connectivity index (χ4v) is 3.73. The van der Waals surface area contributed by atoms with Gasteiger partial charge in [0.15, 0.2) is 0 Å². The van der Waals surface area contributed by atoms with E-state index in [2.05, 4.69) is 59.3 Å². The van der Waals surface area contributed by atoms with Crippen molar-refractivity contribution in [2.24, 2.45) is 0 Å². The summed E-state index contributed by atoms with van der Waals surface area (Å²) in [7, 11) is 1.69. The number of nitrogens with one attached hydrogen (secondary N) is 1. The zero-order valence-corrected chi connectivity index (χ0v) is 18.5. The lowest BCUT2D eigenvalue weighted by atomic mass is 10.2. The first-order valence-electron chi connectivity index (χ1n) is 8.65. The molecule has 0 fully saturated rings. The first-order chi connectivity index (χ1) is 13.6. The molecule has 0 aliphatic heterocycles. The maximum Gasteiger partial charge on any atom is 0.0933 e. The Balaban J connectivity index is 0.000000167. The molecule has 4 rings (SSSR count). The molecular formula is C21H20Br2N4O. The highest BCUT2D eigenvalue weighted by molar-refractivity contribution is 9.10. The summed E-state index contributed by atoms with van der Waals surface area (Å²) in [6.07, 6.45) is 3.55. The standard InChI is InChI=1S/C12H13BrN2O.C9H7BrN2/c1-16-6-5-14-11-8-10(13)7-9-3-2-4-15-12(9)11;10-7-4-6-2-1-3-12-9(6)8(11)5-7/h2-4,7-8,14H,5-6H2,1H3;1-5H,11H2. The molecule has 7 heteroatoms. The third kappa shape index (κ3) is 5.19. The smallest absolute Gasteiger partial charge is 0.0933 e. The molecule has 0 amide bonds. The summed E-state index contributed by atoms with van der Waals surface area (Å²) in [5.74, 6) is 0. The van der Waals surface area contributed by atoms with E-state index in [-0.39, 0.29) is 0 Å². The van der Waals surface area contributed by atoms with Gasteiger partial charge >= 0.3 is 0 Å². The molecular weight excluding hydrogens is 484 g/mol. The zero-order valence-electron chi connectivity index (χ0n) is 15.3. The third-order valence-corrected chi connectivity index (χ3v) is 4.91. The minimum absolute atomic E-state index is 0.681. The van der Waals surface area contributed by atoms with Crippen LogP contribution in [0.2, 0.25) is 0 Å². The molecule has 2 heterocycles. The van der Waals surface area contributed by atoms with Crippen LogP contribution in [0.3, 0.4) is 0 Å². The highest BCUT2D eigenvalue weighted by Gasteiger charge is 2.03. The van der Waals surface area contributed by atoms with Gasteiger partial charge in [-0.05, 0) is 36.4 Å². The van der Waals surface area contributed by atoms with Gasteiger partial charge in [-0.1, -0.05) is 44.0 Å². The van der Waals surface area contributed by atoms with Crippen LogP contribution in [0, 0.1) is 0 Å². The van der Waals surface area contributed by atoms with Crippen LogP contribution >= 0.6 is 31.9 Å². The molecule has 2 aromatic carbocycles. The number of benzene rings is 2. The zero-order chi connectivity index (χ0) is 19.9. The van der Waals surface area contributed by atoms with Crippen molar-refractivity contribution in [3.63, 3.8) is 0 Å². The highest BCUT2D eigenvalue weighted by Crippen LogP contribution is 2.26. The lowest BCUT2D eigenvalue weighted by molar-refractivity contribution is 0.211. The molecule has 2 aromatic heterocycles. The van der Waals surface area contributed by atoms with E-state index in [1.165, 1.54) is 0 Å². The van der Waals surface area contributed by atoms with E-state index >= 15 is 0 Å². The van der Waals surface area contributed by atoms with E-state index in [0.717, 1.165) is 43.0 Å². The number of halogens is 2. The normalized spacial score (nSPS) is 10.5. The Morgan fingerprint density at radius 3 is 2.21 bits per heavy atom. The van der Waals surface area contributed by atoms with Gasteiger partial charge in [-0.3, -0.25) is 9.97 Å². The maximum atomic E-state index is 5.76. The fraction of sp³-hybridized carbons (Fsp3) is 0.143. The van der Waals surface area contributed by atoms with Crippen molar-refractivity contribution in [1.29, 1.82) is 0 Å². The van der Waals surface area contributed by atoms with E-state index in [1.54, 1.807) is 19.5 Å². The van der Waals surface area contributed by atoms with Crippen LogP contribution in [0.15, 0.2) is 69.9 Å². The Hall–Kier alpha value is -2.22. The summed E-state index contributed by atoms with van der Waals surface area (Å²) in [6.45, 7) is 1.46. The number of nitrogens with two attached hydrogens (primary N) is 1. The molecule has 0 saturated heterocycles. The quantitative estimate of drug-likeness (QED) is 0.278. The molecule has 28 heavy (non-hydrogen) atoms. The summed E-state index contributed by atoms with van der Waals surface area (Å²) >= 11 is 6.87. The highest BCUT2D eigenvalue weighted by atomic mass is 79.9. The van der Waals surface area contributed by atoms with E-state index < -0.39 is 0 Å². The molecule has 5 nitrogen and oxygen atoms in total. The van der Waals surface area contributed by atoms with Crippen molar-refractivity contribution >= 4 is 65.0 Å². The first-order valence-corrected chi connectivity index (χ1v) is 10.2. The van der Waals surface area contributed by atoms with Gasteiger partial charge < -0.3 is 15.8 Å². The second-order valence-corrected chi connectivity index (χ2v) is 7.85. The Morgan fingerprint density at radius 1 is 0.929 bits per heavy atom. The van der Waals surface area contributed by atoms with Gasteiger partial charge in [-0.25, -0.2) is 0 Å². The topological polar surface area (TPSA) is 73.1 Å². The number of fused-ring (bicyclic) bond motifs is 2. The summed E-state index contributed by atoms with van der Waals surface area (Å²) in [5, 5.41) is 5.49. The second-order valence-electron chi connectivity index (χ2n) is 6.02. The number of methoxy groups -OCH3 is 1. The largest absolute Gasteiger partial charge is 0.397 e. The van der Waals surface area contributed by atoms with Gasteiger partial charge in [0.05, 0.1) is 29.0 Å². The summed E-state index contributed by atoms with van der Waals surface area (Å²) in [4.78, 5) is 8.55. The number of nitrogen functional groups attached to an aromatic ring is 1. The monoisotopic (exact) mass is 502 g/mol. The predicted molar refractivity (Wildman–Crippen MR) is 124 cm³/mol. The van der Waals surface area contributed by atoms with Gasteiger partial charge in [0.2, 0.25) is 0 Å².